The van der Waals surface area contributed by atoms with E-state index in [0.29, 0.717) is 22.3 Å². The maximum Gasteiger partial charge on any atom is 0.265 e. The zero-order valence-corrected chi connectivity index (χ0v) is 14.7. The molecule has 2 amide bonds. The van der Waals surface area contributed by atoms with E-state index in [-0.39, 0.29) is 5.91 Å². The summed E-state index contributed by atoms with van der Waals surface area (Å²) in [5, 5.41) is 5.91. The van der Waals surface area contributed by atoms with E-state index in [9.17, 15) is 9.59 Å². The molecule has 0 radical (unpaired) electrons. The van der Waals surface area contributed by atoms with Crippen LogP contribution in [0.4, 0.5) is 5.13 Å². The number of anilines is 1. The Morgan fingerprint density at radius 3 is 2.89 bits per heavy atom. The van der Waals surface area contributed by atoms with Crippen molar-refractivity contribution in [1.29, 1.82) is 0 Å². The maximum absolute atomic E-state index is 12.1. The van der Waals surface area contributed by atoms with Crippen molar-refractivity contribution in [2.24, 2.45) is 5.73 Å². The van der Waals surface area contributed by atoms with Crippen LogP contribution in [0.1, 0.15) is 16.2 Å². The molecular formula is C19H14N4O3S. The molecule has 0 aliphatic carbocycles. The Bertz CT molecular complexity index is 1140. The fraction of sp³-hybridized carbons (Fsp3) is 0. The molecule has 0 spiro atoms. The van der Waals surface area contributed by atoms with E-state index >= 15 is 0 Å². The molecule has 1 aromatic carbocycles. The second-order valence-corrected chi connectivity index (χ2v) is 6.57. The minimum atomic E-state index is -0.541. The lowest BCUT2D eigenvalue weighted by atomic mass is 10.2. The van der Waals surface area contributed by atoms with E-state index < -0.39 is 5.91 Å². The van der Waals surface area contributed by atoms with Gasteiger partial charge in [-0.2, -0.15) is 0 Å². The van der Waals surface area contributed by atoms with Crippen LogP contribution in [0.2, 0.25) is 0 Å². The van der Waals surface area contributed by atoms with Crippen molar-refractivity contribution in [2.45, 2.75) is 0 Å². The van der Waals surface area contributed by atoms with Crippen molar-refractivity contribution >= 4 is 45.3 Å². The van der Waals surface area contributed by atoms with Gasteiger partial charge < -0.3 is 15.1 Å². The fourth-order valence-electron chi connectivity index (χ4n) is 2.54. The number of amides is 2. The summed E-state index contributed by atoms with van der Waals surface area (Å²) in [7, 11) is 0. The molecule has 134 valence electrons. The highest BCUT2D eigenvalue weighted by atomic mass is 32.1. The van der Waals surface area contributed by atoms with Crippen LogP contribution in [-0.2, 0) is 4.79 Å². The number of benzene rings is 1. The molecule has 7 nitrogen and oxygen atoms in total. The predicted octanol–water partition coefficient (Wildman–Crippen LogP) is 3.64. The number of thiazole rings is 1. The van der Waals surface area contributed by atoms with Gasteiger partial charge in [-0.1, -0.05) is 18.2 Å². The normalized spacial score (nSPS) is 11.3. The zero-order chi connectivity index (χ0) is 18.8. The van der Waals surface area contributed by atoms with Gasteiger partial charge in [0.2, 0.25) is 5.91 Å². The summed E-state index contributed by atoms with van der Waals surface area (Å²) in [6, 6.07) is 11.1. The van der Waals surface area contributed by atoms with Crippen LogP contribution in [0, 0.1) is 0 Å². The van der Waals surface area contributed by atoms with Crippen LogP contribution < -0.4 is 11.1 Å². The van der Waals surface area contributed by atoms with Gasteiger partial charge in [0.05, 0.1) is 5.69 Å². The first-order chi connectivity index (χ1) is 13.1. The number of fused-ring (bicyclic) bond motifs is 1. The highest BCUT2D eigenvalue weighted by Crippen LogP contribution is 2.25. The van der Waals surface area contributed by atoms with Crippen molar-refractivity contribution in [3.8, 4) is 11.3 Å². The Morgan fingerprint density at radius 2 is 2.11 bits per heavy atom. The number of nitrogens with one attached hydrogen (secondary N) is 2. The number of nitrogens with zero attached hydrogens (tertiary/aromatic N) is 1. The number of aromatic amines is 1. The average Bonchev–Trinajstić information content (AvgIpc) is 3.38. The van der Waals surface area contributed by atoms with Gasteiger partial charge in [-0.25, -0.2) is 4.98 Å². The van der Waals surface area contributed by atoms with E-state index in [2.05, 4.69) is 15.3 Å². The fourth-order valence-corrected chi connectivity index (χ4v) is 3.26. The Kier molecular flexibility index (Phi) is 4.31. The van der Waals surface area contributed by atoms with Gasteiger partial charge in [0.25, 0.3) is 5.91 Å². The molecule has 4 N–H and O–H groups in total. The van der Waals surface area contributed by atoms with Gasteiger partial charge in [-0.3, -0.25) is 14.9 Å². The Morgan fingerprint density at radius 1 is 1.26 bits per heavy atom. The van der Waals surface area contributed by atoms with Crippen molar-refractivity contribution in [1.82, 2.24) is 9.97 Å². The van der Waals surface area contributed by atoms with E-state index in [1.54, 1.807) is 23.7 Å². The third kappa shape index (κ3) is 3.65. The molecule has 3 heterocycles. The Hall–Kier alpha value is -3.65. The number of hydrogen-bond acceptors (Lipinski definition) is 5. The summed E-state index contributed by atoms with van der Waals surface area (Å²) < 4.78 is 5.63. The first-order valence-corrected chi connectivity index (χ1v) is 8.88. The lowest BCUT2D eigenvalue weighted by Gasteiger charge is -1.95. The van der Waals surface area contributed by atoms with Gasteiger partial charge in [0.1, 0.15) is 17.0 Å². The van der Waals surface area contributed by atoms with Crippen LogP contribution in [0.15, 0.2) is 58.5 Å². The summed E-state index contributed by atoms with van der Waals surface area (Å²) >= 11 is 1.29. The Labute approximate surface area is 157 Å². The first kappa shape index (κ1) is 16.8. The van der Waals surface area contributed by atoms with E-state index in [0.717, 1.165) is 16.5 Å². The second-order valence-electron chi connectivity index (χ2n) is 5.71. The molecule has 8 heteroatoms. The largest absolute Gasteiger partial charge is 0.457 e. The molecule has 0 fully saturated rings. The molecule has 4 aromatic rings. The summed E-state index contributed by atoms with van der Waals surface area (Å²) in [5.41, 5.74) is 7.65. The van der Waals surface area contributed by atoms with Crippen molar-refractivity contribution < 1.29 is 14.0 Å². The lowest BCUT2D eigenvalue weighted by Crippen LogP contribution is -2.10. The highest BCUT2D eigenvalue weighted by Gasteiger charge is 2.10. The van der Waals surface area contributed by atoms with Crippen LogP contribution in [0.3, 0.4) is 0 Å². The second kappa shape index (κ2) is 6.93. The molecule has 0 aliphatic rings. The number of carbonyl (C=O) groups is 2. The van der Waals surface area contributed by atoms with Crippen molar-refractivity contribution in [3.63, 3.8) is 0 Å². The van der Waals surface area contributed by atoms with Gasteiger partial charge >= 0.3 is 0 Å². The minimum Gasteiger partial charge on any atom is -0.457 e. The molecule has 0 unspecified atom stereocenters. The van der Waals surface area contributed by atoms with Crippen LogP contribution in [0.25, 0.3) is 28.3 Å². The van der Waals surface area contributed by atoms with Crippen molar-refractivity contribution in [2.75, 3.05) is 5.32 Å². The molecular weight excluding hydrogens is 364 g/mol. The number of H-pyrrole nitrogens is 1. The number of hydrogen-bond donors (Lipinski definition) is 3. The molecule has 3 aromatic heterocycles. The van der Waals surface area contributed by atoms with Gasteiger partial charge in [0, 0.05) is 28.6 Å². The van der Waals surface area contributed by atoms with Gasteiger partial charge in [0.15, 0.2) is 5.13 Å². The molecule has 0 saturated carbocycles. The summed E-state index contributed by atoms with van der Waals surface area (Å²) in [4.78, 5) is 30.4. The zero-order valence-electron chi connectivity index (χ0n) is 13.9. The number of para-hydroxylation sites is 1. The van der Waals surface area contributed by atoms with E-state index in [4.69, 9.17) is 10.2 Å². The molecule has 0 bridgehead atoms. The molecule has 0 saturated heterocycles. The minimum absolute atomic E-state index is 0.303. The summed E-state index contributed by atoms with van der Waals surface area (Å²) in [5.74, 6) is -0.263. The monoisotopic (exact) mass is 378 g/mol. The molecule has 0 atom stereocenters. The highest BCUT2D eigenvalue weighted by molar-refractivity contribution is 7.14. The number of furan rings is 1. The third-order valence-electron chi connectivity index (χ3n) is 3.82. The number of carbonyl (C=O) groups excluding carboxylic acids is 2. The van der Waals surface area contributed by atoms with Gasteiger partial charge in [-0.05, 0) is 24.3 Å². The number of primary amides is 1. The maximum atomic E-state index is 12.1. The molecule has 4 rings (SSSR count). The summed E-state index contributed by atoms with van der Waals surface area (Å²) in [6.45, 7) is 0. The Balaban J connectivity index is 1.43. The quantitative estimate of drug-likeness (QED) is 0.460. The number of nitrogens with two attached hydrogens (primary N) is 1. The average molecular weight is 378 g/mol. The third-order valence-corrected chi connectivity index (χ3v) is 4.58. The summed E-state index contributed by atoms with van der Waals surface area (Å²) in [6.07, 6.45) is 4.64. The van der Waals surface area contributed by atoms with Gasteiger partial charge in [-0.15, -0.1) is 11.3 Å². The smallest absolute Gasteiger partial charge is 0.265 e. The molecule has 0 aliphatic heterocycles. The van der Waals surface area contributed by atoms with E-state index in [1.165, 1.54) is 17.4 Å². The first-order valence-electron chi connectivity index (χ1n) is 8.00. The predicted molar refractivity (Wildman–Crippen MR) is 104 cm³/mol. The topological polar surface area (TPSA) is 114 Å². The number of rotatable bonds is 5. The lowest BCUT2D eigenvalue weighted by molar-refractivity contribution is -0.111. The van der Waals surface area contributed by atoms with Crippen molar-refractivity contribution in [3.05, 3.63) is 65.5 Å². The number of aromatic nitrogens is 2. The van der Waals surface area contributed by atoms with Crippen LogP contribution >= 0.6 is 11.3 Å². The van der Waals surface area contributed by atoms with E-state index in [1.807, 2.05) is 30.3 Å². The van der Waals surface area contributed by atoms with Crippen LogP contribution in [-0.4, -0.2) is 21.8 Å². The molecule has 27 heavy (non-hydrogen) atoms. The standard InChI is InChI=1S/C19H14N4O3S/c20-18(25)14-8-12(9-21-14)15-10-27-19(22-15)23-17(24)6-5-13-7-11-3-1-2-4-16(11)26-13/h1-10,21H,(H2,20,25)(H,22,23,24)/b6-5+. The SMILES string of the molecule is NC(=O)c1cc(-c2csc(NC(=O)/C=C/c3cc4ccccc4o3)n2)c[nH]1. The van der Waals surface area contributed by atoms with Crippen LogP contribution in [0.5, 0.6) is 0 Å².